The standard InChI is InChI=1S/C19H23N5O5/c1-26-19-3-2-18(11-19,12-19)15(25)23-17-22-10-14(29-17)28-13-8-20-16(21-9-13)24-4-6-27-7-5-24/h8-10H,2-7,11-12H2,1H3,(H,22,23,25). The highest BCUT2D eigenvalue weighted by molar-refractivity contribution is 5.95. The van der Waals surface area contributed by atoms with Crippen LogP contribution >= 0.6 is 0 Å². The molecular formula is C19H23N5O5. The topological polar surface area (TPSA) is 112 Å². The van der Waals surface area contributed by atoms with E-state index < -0.39 is 0 Å². The third-order valence-corrected chi connectivity index (χ3v) is 6.13. The first-order chi connectivity index (χ1) is 14.1. The first-order valence-electron chi connectivity index (χ1n) is 9.75. The van der Waals surface area contributed by atoms with Gasteiger partial charge in [0.15, 0.2) is 5.75 Å². The minimum Gasteiger partial charge on any atom is -0.421 e. The number of morpholine rings is 1. The molecule has 10 nitrogen and oxygen atoms in total. The van der Waals surface area contributed by atoms with Crippen molar-refractivity contribution in [3.63, 3.8) is 0 Å². The molecule has 0 unspecified atom stereocenters. The van der Waals surface area contributed by atoms with Crippen LogP contribution in [-0.2, 0) is 14.3 Å². The number of hydrogen-bond donors (Lipinski definition) is 1. The van der Waals surface area contributed by atoms with E-state index in [4.69, 9.17) is 18.6 Å². The van der Waals surface area contributed by atoms with Crippen molar-refractivity contribution in [3.05, 3.63) is 18.6 Å². The molecule has 29 heavy (non-hydrogen) atoms. The first-order valence-corrected chi connectivity index (χ1v) is 9.75. The maximum absolute atomic E-state index is 12.6. The lowest BCUT2D eigenvalue weighted by Gasteiger charge is -2.44. The third kappa shape index (κ3) is 3.32. The number of anilines is 2. The molecule has 10 heteroatoms. The number of rotatable bonds is 6. The number of carbonyl (C=O) groups excluding carboxylic acids is 1. The minimum absolute atomic E-state index is 0.0747. The molecule has 1 amide bonds. The molecule has 6 rings (SSSR count). The quantitative estimate of drug-likeness (QED) is 0.776. The predicted octanol–water partition coefficient (Wildman–Crippen LogP) is 1.99. The van der Waals surface area contributed by atoms with Crippen LogP contribution in [0.25, 0.3) is 0 Å². The van der Waals surface area contributed by atoms with Crippen molar-refractivity contribution >= 4 is 17.9 Å². The van der Waals surface area contributed by atoms with Crippen LogP contribution in [0.1, 0.15) is 25.7 Å². The number of nitrogens with zero attached hydrogens (tertiary/aromatic N) is 4. The lowest BCUT2D eigenvalue weighted by atomic mass is 9.66. The van der Waals surface area contributed by atoms with Crippen molar-refractivity contribution < 1.29 is 23.4 Å². The number of aromatic nitrogens is 3. The molecule has 4 aliphatic rings. The zero-order valence-electron chi connectivity index (χ0n) is 16.2. The Kier molecular flexibility index (Phi) is 4.39. The van der Waals surface area contributed by atoms with E-state index in [2.05, 4.69) is 25.2 Å². The summed E-state index contributed by atoms with van der Waals surface area (Å²) in [6.45, 7) is 2.86. The van der Waals surface area contributed by atoms with Gasteiger partial charge in [-0.15, -0.1) is 0 Å². The van der Waals surface area contributed by atoms with Crippen molar-refractivity contribution in [2.45, 2.75) is 31.3 Å². The van der Waals surface area contributed by atoms with E-state index in [0.717, 1.165) is 38.8 Å². The van der Waals surface area contributed by atoms with Gasteiger partial charge in [-0.25, -0.2) is 9.97 Å². The molecule has 2 aromatic heterocycles. The molecule has 2 aromatic rings. The van der Waals surface area contributed by atoms with Crippen molar-refractivity contribution in [1.82, 2.24) is 15.0 Å². The zero-order valence-corrected chi connectivity index (χ0v) is 16.2. The number of carbonyl (C=O) groups is 1. The summed E-state index contributed by atoms with van der Waals surface area (Å²) in [7, 11) is 1.71. The number of oxazole rings is 1. The fourth-order valence-corrected chi connectivity index (χ4v) is 4.52. The van der Waals surface area contributed by atoms with Crippen LogP contribution in [0.2, 0.25) is 0 Å². The van der Waals surface area contributed by atoms with Crippen molar-refractivity contribution in [3.8, 4) is 11.7 Å². The molecule has 0 aromatic carbocycles. The van der Waals surface area contributed by atoms with Gasteiger partial charge in [0.25, 0.3) is 0 Å². The van der Waals surface area contributed by atoms with Gasteiger partial charge in [0.1, 0.15) is 6.20 Å². The summed E-state index contributed by atoms with van der Waals surface area (Å²) in [5, 5.41) is 2.76. The van der Waals surface area contributed by atoms with Gasteiger partial charge in [-0.05, 0) is 25.7 Å². The second-order valence-corrected chi connectivity index (χ2v) is 7.88. The van der Waals surface area contributed by atoms with Crippen LogP contribution in [0.3, 0.4) is 0 Å². The van der Waals surface area contributed by atoms with Gasteiger partial charge in [-0.2, -0.15) is 4.98 Å². The molecule has 3 aliphatic carbocycles. The van der Waals surface area contributed by atoms with Crippen LogP contribution < -0.4 is 15.0 Å². The van der Waals surface area contributed by atoms with E-state index in [1.165, 1.54) is 6.20 Å². The van der Waals surface area contributed by atoms with Gasteiger partial charge in [0.2, 0.25) is 11.9 Å². The van der Waals surface area contributed by atoms with Crippen LogP contribution in [0.5, 0.6) is 11.7 Å². The summed E-state index contributed by atoms with van der Waals surface area (Å²) in [6.07, 6.45) is 7.81. The molecule has 1 aliphatic heterocycles. The summed E-state index contributed by atoms with van der Waals surface area (Å²) in [4.78, 5) is 27.4. The molecule has 154 valence electrons. The first kappa shape index (κ1) is 18.3. The number of fused-ring (bicyclic) bond motifs is 1. The molecule has 1 N–H and O–H groups in total. The lowest BCUT2D eigenvalue weighted by Crippen LogP contribution is -2.50. The van der Waals surface area contributed by atoms with E-state index in [9.17, 15) is 4.79 Å². The van der Waals surface area contributed by atoms with Crippen molar-refractivity contribution in [2.24, 2.45) is 5.41 Å². The van der Waals surface area contributed by atoms with Gasteiger partial charge in [-0.1, -0.05) is 0 Å². The van der Waals surface area contributed by atoms with Crippen LogP contribution in [0, 0.1) is 5.41 Å². The Bertz CT molecular complexity index is 887. The number of amides is 1. The second-order valence-electron chi connectivity index (χ2n) is 7.88. The largest absolute Gasteiger partial charge is 0.421 e. The smallest absolute Gasteiger partial charge is 0.312 e. The molecule has 4 fully saturated rings. The van der Waals surface area contributed by atoms with Crippen LogP contribution in [-0.4, -0.2) is 59.9 Å². The monoisotopic (exact) mass is 401 g/mol. The third-order valence-electron chi connectivity index (χ3n) is 6.13. The van der Waals surface area contributed by atoms with Crippen molar-refractivity contribution in [1.29, 1.82) is 0 Å². The molecule has 1 saturated heterocycles. The predicted molar refractivity (Wildman–Crippen MR) is 101 cm³/mol. The normalized spacial score (nSPS) is 28.1. The van der Waals surface area contributed by atoms with Crippen molar-refractivity contribution in [2.75, 3.05) is 43.6 Å². The summed E-state index contributed by atoms with van der Waals surface area (Å²) >= 11 is 0. The number of nitrogens with one attached hydrogen (secondary N) is 1. The molecule has 0 radical (unpaired) electrons. The second kappa shape index (κ2) is 6.96. The van der Waals surface area contributed by atoms with E-state index >= 15 is 0 Å². The Morgan fingerprint density at radius 3 is 2.59 bits per heavy atom. The Balaban J connectivity index is 1.18. The van der Waals surface area contributed by atoms with E-state index in [0.29, 0.717) is 24.9 Å². The average Bonchev–Trinajstić information content (AvgIpc) is 3.43. The maximum atomic E-state index is 12.6. The molecule has 3 heterocycles. The number of ether oxygens (including phenoxy) is 3. The Morgan fingerprint density at radius 1 is 1.14 bits per heavy atom. The summed E-state index contributed by atoms with van der Waals surface area (Å²) < 4.78 is 22.0. The lowest BCUT2D eigenvalue weighted by molar-refractivity contribution is -0.144. The summed E-state index contributed by atoms with van der Waals surface area (Å²) in [5.41, 5.74) is -0.482. The van der Waals surface area contributed by atoms with Crippen LogP contribution in [0.15, 0.2) is 23.0 Å². The van der Waals surface area contributed by atoms with Gasteiger partial charge < -0.3 is 23.5 Å². The molecule has 2 bridgehead atoms. The highest BCUT2D eigenvalue weighted by atomic mass is 16.6. The van der Waals surface area contributed by atoms with E-state index in [1.807, 2.05) is 0 Å². The number of hydrogen-bond acceptors (Lipinski definition) is 9. The zero-order chi connectivity index (χ0) is 19.9. The SMILES string of the molecule is COC12CCC(C(=O)Nc3ncc(Oc4cnc(N5CCOCC5)nc4)o3)(C1)C2. The van der Waals surface area contributed by atoms with Crippen LogP contribution in [0.4, 0.5) is 12.0 Å². The fraction of sp³-hybridized carbons (Fsp3) is 0.579. The van der Waals surface area contributed by atoms with E-state index in [1.54, 1.807) is 19.5 Å². The highest BCUT2D eigenvalue weighted by Gasteiger charge is 2.65. The molecular weight excluding hydrogens is 378 g/mol. The summed E-state index contributed by atoms with van der Waals surface area (Å²) in [5.74, 6) is 1.14. The average molecular weight is 401 g/mol. The Labute approximate surface area is 167 Å². The van der Waals surface area contributed by atoms with Gasteiger partial charge in [0.05, 0.1) is 36.6 Å². The summed E-state index contributed by atoms with van der Waals surface area (Å²) in [6, 6.07) is 0.118. The highest BCUT2D eigenvalue weighted by Crippen LogP contribution is 2.63. The Morgan fingerprint density at radius 2 is 1.90 bits per heavy atom. The minimum atomic E-state index is -0.366. The molecule has 0 atom stereocenters. The molecule has 3 saturated carbocycles. The Hall–Kier alpha value is -2.72. The van der Waals surface area contributed by atoms with Gasteiger partial charge in [-0.3, -0.25) is 10.1 Å². The fourth-order valence-electron chi connectivity index (χ4n) is 4.52. The van der Waals surface area contributed by atoms with E-state index in [-0.39, 0.29) is 28.9 Å². The van der Waals surface area contributed by atoms with Gasteiger partial charge in [0, 0.05) is 20.2 Å². The van der Waals surface area contributed by atoms with Gasteiger partial charge >= 0.3 is 12.0 Å². The number of methoxy groups -OCH3 is 1. The molecule has 0 spiro atoms. The maximum Gasteiger partial charge on any atom is 0.312 e.